The van der Waals surface area contributed by atoms with Crippen LogP contribution in [0.2, 0.25) is 0 Å². The van der Waals surface area contributed by atoms with E-state index in [2.05, 4.69) is 20.8 Å². The number of carbonyl (C=O) groups is 1. The molecule has 3 rings (SSSR count). The lowest BCUT2D eigenvalue weighted by molar-refractivity contribution is 0.118. The third kappa shape index (κ3) is 2.05. The molecule has 0 saturated heterocycles. The molecule has 0 radical (unpaired) electrons. The number of rotatable bonds is 3. The summed E-state index contributed by atoms with van der Waals surface area (Å²) in [7, 11) is 0. The third-order valence-electron chi connectivity index (χ3n) is 6.56. The van der Waals surface area contributed by atoms with E-state index < -0.39 is 0 Å². The van der Waals surface area contributed by atoms with E-state index in [4.69, 9.17) is 4.74 Å². The highest BCUT2D eigenvalue weighted by Gasteiger charge is 2.63. The van der Waals surface area contributed by atoms with E-state index in [1.165, 1.54) is 12.8 Å². The predicted molar refractivity (Wildman–Crippen MR) is 89.0 cm³/mol. The molecule has 120 valence electrons. The number of carbonyl (C=O) groups excluding carboxylic acids is 1. The molecular weight excluding hydrogens is 274 g/mol. The number of fused-ring (bicyclic) bond motifs is 2. The van der Waals surface area contributed by atoms with Gasteiger partial charge < -0.3 is 4.74 Å². The van der Waals surface area contributed by atoms with Crippen LogP contribution in [0.4, 0.5) is 10.5 Å². The van der Waals surface area contributed by atoms with Crippen LogP contribution >= 0.6 is 0 Å². The Morgan fingerprint density at radius 1 is 1.27 bits per heavy atom. The normalized spacial score (nSPS) is 32.0. The highest BCUT2D eigenvalue weighted by molar-refractivity contribution is 5.88. The smallest absolute Gasteiger partial charge is 0.414 e. The maximum absolute atomic E-state index is 12.7. The molecule has 1 amide bonds. The molecule has 1 aromatic carbocycles. The van der Waals surface area contributed by atoms with Gasteiger partial charge in [0.15, 0.2) is 0 Å². The fraction of sp³-hybridized carbons (Fsp3) is 0.632. The van der Waals surface area contributed by atoms with Crippen molar-refractivity contribution in [1.82, 2.24) is 0 Å². The molecular formula is C19H27NO2. The van der Waals surface area contributed by atoms with E-state index in [-0.39, 0.29) is 23.0 Å². The first-order valence-electron chi connectivity index (χ1n) is 8.43. The van der Waals surface area contributed by atoms with Gasteiger partial charge in [-0.15, -0.1) is 0 Å². The first kappa shape index (κ1) is 15.4. The molecule has 2 bridgehead atoms. The molecule has 1 aromatic rings. The van der Waals surface area contributed by atoms with Crippen molar-refractivity contribution in [2.24, 2.45) is 16.7 Å². The first-order valence-corrected chi connectivity index (χ1v) is 8.43. The fourth-order valence-corrected chi connectivity index (χ4v) is 4.75. The van der Waals surface area contributed by atoms with Gasteiger partial charge in [-0.25, -0.2) is 4.79 Å². The Hall–Kier alpha value is -1.51. The van der Waals surface area contributed by atoms with Crippen molar-refractivity contribution in [2.45, 2.75) is 53.0 Å². The third-order valence-corrected chi connectivity index (χ3v) is 6.56. The van der Waals surface area contributed by atoms with Crippen LogP contribution in [0.3, 0.4) is 0 Å². The van der Waals surface area contributed by atoms with Crippen molar-refractivity contribution in [3.8, 4) is 0 Å². The van der Waals surface area contributed by atoms with Gasteiger partial charge in [0, 0.05) is 11.7 Å². The summed E-state index contributed by atoms with van der Waals surface area (Å²) in [6.07, 6.45) is 3.35. The molecule has 3 nitrogen and oxygen atoms in total. The van der Waals surface area contributed by atoms with Gasteiger partial charge in [0.25, 0.3) is 0 Å². The summed E-state index contributed by atoms with van der Waals surface area (Å²) in [6.45, 7) is 9.39. The fourth-order valence-electron chi connectivity index (χ4n) is 4.75. The van der Waals surface area contributed by atoms with Crippen LogP contribution < -0.4 is 4.90 Å². The Kier molecular flexibility index (Phi) is 3.70. The van der Waals surface area contributed by atoms with E-state index in [1.807, 2.05) is 42.2 Å². The molecule has 0 N–H and O–H groups in total. The summed E-state index contributed by atoms with van der Waals surface area (Å²) in [5.41, 5.74) is 1.38. The Morgan fingerprint density at radius 3 is 2.45 bits per heavy atom. The Balaban J connectivity index is 1.99. The van der Waals surface area contributed by atoms with E-state index in [0.717, 1.165) is 12.1 Å². The zero-order valence-electron chi connectivity index (χ0n) is 14.1. The van der Waals surface area contributed by atoms with Gasteiger partial charge in [0.2, 0.25) is 0 Å². The Morgan fingerprint density at radius 2 is 1.95 bits per heavy atom. The van der Waals surface area contributed by atoms with Crippen LogP contribution in [0.1, 0.15) is 47.0 Å². The molecule has 3 heteroatoms. The van der Waals surface area contributed by atoms with Crippen LogP contribution in [-0.4, -0.2) is 18.7 Å². The molecule has 0 aromatic heterocycles. The number of hydrogen-bond acceptors (Lipinski definition) is 2. The van der Waals surface area contributed by atoms with Crippen molar-refractivity contribution < 1.29 is 9.53 Å². The second kappa shape index (κ2) is 5.29. The predicted octanol–water partition coefficient (Wildman–Crippen LogP) is 4.86. The number of para-hydroxylation sites is 1. The van der Waals surface area contributed by atoms with Crippen LogP contribution in [0.15, 0.2) is 30.3 Å². The number of anilines is 1. The van der Waals surface area contributed by atoms with Crippen LogP contribution in [0, 0.1) is 16.7 Å². The van der Waals surface area contributed by atoms with E-state index in [9.17, 15) is 4.79 Å². The zero-order valence-corrected chi connectivity index (χ0v) is 14.1. The van der Waals surface area contributed by atoms with Crippen molar-refractivity contribution in [2.75, 3.05) is 11.5 Å². The Labute approximate surface area is 133 Å². The van der Waals surface area contributed by atoms with Gasteiger partial charge in [-0.3, -0.25) is 4.90 Å². The van der Waals surface area contributed by atoms with E-state index in [1.54, 1.807) is 0 Å². The van der Waals surface area contributed by atoms with Gasteiger partial charge in [-0.2, -0.15) is 0 Å². The number of amides is 1. The average Bonchev–Trinajstić information content (AvgIpc) is 2.82. The summed E-state index contributed by atoms with van der Waals surface area (Å²) in [5, 5.41) is 0. The van der Waals surface area contributed by atoms with Crippen molar-refractivity contribution in [3.63, 3.8) is 0 Å². The average molecular weight is 301 g/mol. The molecule has 3 unspecified atom stereocenters. The summed E-state index contributed by atoms with van der Waals surface area (Å²) < 4.78 is 5.38. The quantitative estimate of drug-likeness (QED) is 0.797. The van der Waals surface area contributed by atoms with Gasteiger partial charge in [0.05, 0.1) is 6.61 Å². The Bertz CT molecular complexity index is 554. The second-order valence-electron chi connectivity index (χ2n) is 7.53. The topological polar surface area (TPSA) is 29.5 Å². The first-order chi connectivity index (χ1) is 10.4. The van der Waals surface area contributed by atoms with Crippen LogP contribution in [0.5, 0.6) is 0 Å². The largest absolute Gasteiger partial charge is 0.449 e. The number of ether oxygens (including phenoxy) is 1. The molecule has 0 aliphatic heterocycles. The maximum Gasteiger partial charge on any atom is 0.414 e. The minimum atomic E-state index is -0.205. The van der Waals surface area contributed by atoms with Gasteiger partial charge >= 0.3 is 6.09 Å². The molecule has 2 fully saturated rings. The SMILES string of the molecule is CCOC(=O)N(c1ccccc1)C1CC2CCC1(C)C2(C)C. The lowest BCUT2D eigenvalue weighted by Crippen LogP contribution is -2.50. The molecule has 22 heavy (non-hydrogen) atoms. The van der Waals surface area contributed by atoms with Gasteiger partial charge in [0.1, 0.15) is 0 Å². The maximum atomic E-state index is 12.7. The minimum absolute atomic E-state index is 0.153. The molecule has 2 aliphatic rings. The summed E-state index contributed by atoms with van der Waals surface area (Å²) in [5.74, 6) is 0.697. The van der Waals surface area contributed by atoms with E-state index in [0.29, 0.717) is 12.5 Å². The standard InChI is InChI=1S/C19H27NO2/c1-5-22-17(21)20(15-9-7-6-8-10-15)16-13-14-11-12-19(16,4)18(14,2)3/h6-10,14,16H,5,11-13H2,1-4H3. The summed E-state index contributed by atoms with van der Waals surface area (Å²) >= 11 is 0. The summed E-state index contributed by atoms with van der Waals surface area (Å²) in [6, 6.07) is 10.2. The zero-order chi connectivity index (χ0) is 16.0. The number of nitrogens with zero attached hydrogens (tertiary/aromatic N) is 1. The second-order valence-corrected chi connectivity index (χ2v) is 7.53. The van der Waals surface area contributed by atoms with E-state index >= 15 is 0 Å². The van der Waals surface area contributed by atoms with Gasteiger partial charge in [-0.1, -0.05) is 39.0 Å². The number of hydrogen-bond donors (Lipinski definition) is 0. The lowest BCUT2D eigenvalue weighted by atomic mass is 9.69. The summed E-state index contributed by atoms with van der Waals surface area (Å²) in [4.78, 5) is 14.6. The van der Waals surface area contributed by atoms with Gasteiger partial charge in [-0.05, 0) is 55.1 Å². The minimum Gasteiger partial charge on any atom is -0.449 e. The molecule has 0 spiro atoms. The van der Waals surface area contributed by atoms with Crippen molar-refractivity contribution >= 4 is 11.8 Å². The van der Waals surface area contributed by atoms with Crippen LogP contribution in [-0.2, 0) is 4.74 Å². The molecule has 2 aliphatic carbocycles. The van der Waals surface area contributed by atoms with Crippen molar-refractivity contribution in [3.05, 3.63) is 30.3 Å². The molecule has 0 heterocycles. The monoisotopic (exact) mass is 301 g/mol. The number of benzene rings is 1. The van der Waals surface area contributed by atoms with Crippen LogP contribution in [0.25, 0.3) is 0 Å². The molecule has 3 atom stereocenters. The highest BCUT2D eigenvalue weighted by atomic mass is 16.6. The molecule has 2 saturated carbocycles. The highest BCUT2D eigenvalue weighted by Crippen LogP contribution is 2.66. The van der Waals surface area contributed by atoms with Crippen molar-refractivity contribution in [1.29, 1.82) is 0 Å². The lowest BCUT2D eigenvalue weighted by Gasteiger charge is -2.44.